The predicted octanol–water partition coefficient (Wildman–Crippen LogP) is 5.39. The van der Waals surface area contributed by atoms with Crippen LogP contribution in [-0.4, -0.2) is 21.6 Å². The summed E-state index contributed by atoms with van der Waals surface area (Å²) in [6, 6.07) is 17.0. The van der Waals surface area contributed by atoms with Crippen LogP contribution in [0.15, 0.2) is 72.1 Å². The lowest BCUT2D eigenvalue weighted by Crippen LogP contribution is -2.46. The van der Waals surface area contributed by atoms with E-state index in [1.807, 2.05) is 61.5 Å². The Morgan fingerprint density at radius 3 is 2.38 bits per heavy atom. The van der Waals surface area contributed by atoms with Crippen LogP contribution in [0.2, 0.25) is 0 Å². The molecule has 0 aliphatic heterocycles. The number of rotatable bonds is 10. The van der Waals surface area contributed by atoms with Gasteiger partial charge in [-0.15, -0.1) is 6.58 Å². The fourth-order valence-electron chi connectivity index (χ4n) is 3.14. The lowest BCUT2D eigenvalue weighted by atomic mass is 9.99. The highest BCUT2D eigenvalue weighted by atomic mass is 32.2. The van der Waals surface area contributed by atoms with Gasteiger partial charge >= 0.3 is 6.09 Å². The first-order chi connectivity index (χ1) is 13.9. The molecule has 0 fully saturated rings. The Morgan fingerprint density at radius 2 is 1.79 bits per heavy atom. The molecule has 29 heavy (non-hydrogen) atoms. The topological polar surface area (TPSA) is 55.4 Å². The predicted molar refractivity (Wildman–Crippen MR) is 119 cm³/mol. The monoisotopic (exact) mass is 413 g/mol. The van der Waals surface area contributed by atoms with Gasteiger partial charge in [0, 0.05) is 10.9 Å². The minimum Gasteiger partial charge on any atom is -0.445 e. The molecule has 2 rings (SSSR count). The molecule has 4 nitrogen and oxygen atoms in total. The molecular weight excluding hydrogens is 382 g/mol. The minimum absolute atomic E-state index is 0.203. The summed E-state index contributed by atoms with van der Waals surface area (Å²) in [7, 11) is -1.27. The van der Waals surface area contributed by atoms with Crippen LogP contribution >= 0.6 is 0 Å². The smallest absolute Gasteiger partial charge is 0.407 e. The number of hydrogen-bond acceptors (Lipinski definition) is 3. The Labute approximate surface area is 176 Å². The van der Waals surface area contributed by atoms with Gasteiger partial charge in [0.25, 0.3) is 0 Å². The molecule has 156 valence electrons. The number of benzene rings is 2. The van der Waals surface area contributed by atoms with Gasteiger partial charge in [-0.2, -0.15) is 0 Å². The molecule has 2 aromatic carbocycles. The maximum absolute atomic E-state index is 13.3. The van der Waals surface area contributed by atoms with Gasteiger partial charge in [-0.05, 0) is 43.4 Å². The molecule has 1 amide bonds. The van der Waals surface area contributed by atoms with Crippen LogP contribution in [0.5, 0.6) is 0 Å². The van der Waals surface area contributed by atoms with E-state index in [9.17, 15) is 9.00 Å². The Balaban J connectivity index is 2.12. The highest BCUT2D eigenvalue weighted by Gasteiger charge is 2.29. The number of carbonyl (C=O) groups is 1. The maximum Gasteiger partial charge on any atom is 0.407 e. The summed E-state index contributed by atoms with van der Waals surface area (Å²) in [5.74, 6) is 0.330. The zero-order valence-electron chi connectivity index (χ0n) is 17.5. The summed E-state index contributed by atoms with van der Waals surface area (Å²) >= 11 is 0. The number of nitrogens with one attached hydrogen (secondary N) is 1. The van der Waals surface area contributed by atoms with Crippen molar-refractivity contribution in [2.45, 2.75) is 56.4 Å². The molecule has 1 N–H and O–H groups in total. The molecule has 5 heteroatoms. The van der Waals surface area contributed by atoms with E-state index in [1.54, 1.807) is 6.08 Å². The molecule has 0 aromatic heterocycles. The standard InChI is InChI=1S/C24H31NO3S/c1-5-9-23(29(27)21-14-12-19(4)13-15-21)22(16-18(2)3)25-24(26)28-17-20-10-7-6-8-11-20/h5-8,10-15,18,22-23H,1,9,16-17H2,2-4H3,(H,25,26)/t22-,23+,29+/m1/s1. The average molecular weight is 414 g/mol. The summed E-state index contributed by atoms with van der Waals surface area (Å²) in [6.45, 7) is 10.2. The third kappa shape index (κ3) is 7.50. The summed E-state index contributed by atoms with van der Waals surface area (Å²) in [5.41, 5.74) is 2.04. The van der Waals surface area contributed by atoms with Crippen molar-refractivity contribution in [3.05, 3.63) is 78.4 Å². The number of ether oxygens (including phenoxy) is 1. The molecule has 0 bridgehead atoms. The fraction of sp³-hybridized carbons (Fsp3) is 0.375. The SMILES string of the molecule is C=CC[C@@H]([C@@H](CC(C)C)NC(=O)OCc1ccccc1)[S@@](=O)c1ccc(C)cc1. The molecule has 0 aliphatic carbocycles. The van der Waals surface area contributed by atoms with Gasteiger partial charge < -0.3 is 10.1 Å². The lowest BCUT2D eigenvalue weighted by Gasteiger charge is -2.28. The van der Waals surface area contributed by atoms with Crippen molar-refractivity contribution in [3.8, 4) is 0 Å². The van der Waals surface area contributed by atoms with Crippen LogP contribution in [0.4, 0.5) is 4.79 Å². The highest BCUT2D eigenvalue weighted by molar-refractivity contribution is 7.85. The van der Waals surface area contributed by atoms with Gasteiger partial charge in [0.2, 0.25) is 0 Å². The van der Waals surface area contributed by atoms with Gasteiger partial charge in [-0.25, -0.2) is 4.79 Å². The van der Waals surface area contributed by atoms with E-state index in [0.717, 1.165) is 16.0 Å². The first kappa shape index (κ1) is 22.9. The number of aryl methyl sites for hydroxylation is 1. The molecule has 0 saturated heterocycles. The zero-order valence-corrected chi connectivity index (χ0v) is 18.3. The van der Waals surface area contributed by atoms with Crippen molar-refractivity contribution in [1.29, 1.82) is 0 Å². The summed E-state index contributed by atoms with van der Waals surface area (Å²) in [4.78, 5) is 13.2. The van der Waals surface area contributed by atoms with Crippen molar-refractivity contribution in [2.24, 2.45) is 5.92 Å². The first-order valence-electron chi connectivity index (χ1n) is 9.96. The summed E-state index contributed by atoms with van der Waals surface area (Å²) < 4.78 is 18.7. The van der Waals surface area contributed by atoms with Gasteiger partial charge in [-0.1, -0.05) is 68.0 Å². The largest absolute Gasteiger partial charge is 0.445 e. The van der Waals surface area contributed by atoms with Crippen molar-refractivity contribution in [2.75, 3.05) is 0 Å². The average Bonchev–Trinajstić information content (AvgIpc) is 2.70. The second kappa shape index (κ2) is 11.6. The van der Waals surface area contributed by atoms with E-state index in [-0.39, 0.29) is 17.9 Å². The molecule has 0 heterocycles. The number of amides is 1. The Bertz CT molecular complexity index is 803. The molecule has 2 aromatic rings. The van der Waals surface area contributed by atoms with Crippen LogP contribution in [0, 0.1) is 12.8 Å². The zero-order chi connectivity index (χ0) is 21.2. The Morgan fingerprint density at radius 1 is 1.14 bits per heavy atom. The van der Waals surface area contributed by atoms with Crippen molar-refractivity contribution in [3.63, 3.8) is 0 Å². The Kier molecular flexibility index (Phi) is 9.13. The van der Waals surface area contributed by atoms with E-state index in [2.05, 4.69) is 25.7 Å². The van der Waals surface area contributed by atoms with E-state index in [4.69, 9.17) is 4.74 Å². The molecule has 0 aliphatic rings. The van der Waals surface area contributed by atoms with Gasteiger partial charge in [0.05, 0.1) is 16.0 Å². The second-order valence-corrected chi connectivity index (χ2v) is 9.29. The lowest BCUT2D eigenvalue weighted by molar-refractivity contribution is 0.134. The van der Waals surface area contributed by atoms with E-state index < -0.39 is 16.9 Å². The third-order valence-electron chi connectivity index (χ3n) is 4.62. The normalized spacial score (nSPS) is 14.1. The van der Waals surface area contributed by atoms with Crippen LogP contribution in [0.1, 0.15) is 37.8 Å². The number of alkyl carbamates (subject to hydrolysis) is 1. The second-order valence-electron chi connectivity index (χ2n) is 7.62. The molecule has 0 saturated carbocycles. The van der Waals surface area contributed by atoms with Crippen molar-refractivity contribution < 1.29 is 13.7 Å². The van der Waals surface area contributed by atoms with Gasteiger partial charge in [0.1, 0.15) is 6.61 Å². The van der Waals surface area contributed by atoms with Gasteiger partial charge in [-0.3, -0.25) is 4.21 Å². The number of allylic oxidation sites excluding steroid dienone is 1. The van der Waals surface area contributed by atoms with E-state index in [1.165, 1.54) is 0 Å². The van der Waals surface area contributed by atoms with Crippen LogP contribution in [0.3, 0.4) is 0 Å². The van der Waals surface area contributed by atoms with Crippen LogP contribution < -0.4 is 5.32 Å². The molecule has 3 atom stereocenters. The molecule has 0 radical (unpaired) electrons. The molecule has 0 spiro atoms. The van der Waals surface area contributed by atoms with Crippen LogP contribution in [-0.2, 0) is 22.1 Å². The van der Waals surface area contributed by atoms with Crippen molar-refractivity contribution >= 4 is 16.9 Å². The fourth-order valence-corrected chi connectivity index (χ4v) is 4.68. The van der Waals surface area contributed by atoms with E-state index in [0.29, 0.717) is 18.8 Å². The summed E-state index contributed by atoms with van der Waals surface area (Å²) in [6.07, 6.45) is 2.52. The number of carbonyl (C=O) groups excluding carboxylic acids is 1. The minimum atomic E-state index is -1.27. The highest BCUT2D eigenvalue weighted by Crippen LogP contribution is 2.22. The first-order valence-corrected chi connectivity index (χ1v) is 11.2. The third-order valence-corrected chi connectivity index (χ3v) is 6.43. The molecule has 0 unspecified atom stereocenters. The van der Waals surface area contributed by atoms with Crippen LogP contribution in [0.25, 0.3) is 0 Å². The maximum atomic E-state index is 13.3. The van der Waals surface area contributed by atoms with Crippen molar-refractivity contribution in [1.82, 2.24) is 5.32 Å². The summed E-state index contributed by atoms with van der Waals surface area (Å²) in [5, 5.41) is 2.69. The number of hydrogen-bond donors (Lipinski definition) is 1. The quantitative estimate of drug-likeness (QED) is 0.532. The van der Waals surface area contributed by atoms with E-state index >= 15 is 0 Å². The molecular formula is C24H31NO3S. The van der Waals surface area contributed by atoms with Gasteiger partial charge in [0.15, 0.2) is 0 Å². The Hall–Kier alpha value is -2.40.